The topological polar surface area (TPSA) is 133 Å². The fourth-order valence-electron chi connectivity index (χ4n) is 3.78. The van der Waals surface area contributed by atoms with E-state index in [1.54, 1.807) is 13.2 Å². The summed E-state index contributed by atoms with van der Waals surface area (Å²) in [6.45, 7) is 0.738. The van der Waals surface area contributed by atoms with Crippen LogP contribution in [0.5, 0.6) is 0 Å². The molecule has 1 amide bonds. The van der Waals surface area contributed by atoms with E-state index < -0.39 is 12.0 Å². The molecule has 29 heavy (non-hydrogen) atoms. The molecule has 5 heterocycles. The molecular weight excluding hydrogens is 374 g/mol. The average molecular weight is 393 g/mol. The summed E-state index contributed by atoms with van der Waals surface area (Å²) in [6.07, 6.45) is 4.45. The molecule has 0 saturated carbocycles. The van der Waals surface area contributed by atoms with Crippen molar-refractivity contribution in [2.45, 2.75) is 12.1 Å². The van der Waals surface area contributed by atoms with Crippen LogP contribution in [0.4, 0.5) is 5.82 Å². The summed E-state index contributed by atoms with van der Waals surface area (Å²) in [4.78, 5) is 21.0. The molecule has 0 bridgehead atoms. The molecule has 0 spiro atoms. The first-order valence-corrected chi connectivity index (χ1v) is 9.16. The minimum atomic E-state index is -0.592. The number of carbonyl (C=O) groups is 1. The maximum Gasteiger partial charge on any atom is 0.254 e. The van der Waals surface area contributed by atoms with Crippen LogP contribution < -0.4 is 11.1 Å². The van der Waals surface area contributed by atoms with Crippen molar-refractivity contribution in [3.05, 3.63) is 42.4 Å². The lowest BCUT2D eigenvalue weighted by Gasteiger charge is -2.20. The van der Waals surface area contributed by atoms with Gasteiger partial charge in [0.1, 0.15) is 23.3 Å². The molecule has 3 aliphatic heterocycles. The summed E-state index contributed by atoms with van der Waals surface area (Å²) >= 11 is 0. The summed E-state index contributed by atoms with van der Waals surface area (Å²) in [5, 5.41) is 17.5. The van der Waals surface area contributed by atoms with Gasteiger partial charge in [0.05, 0.1) is 31.1 Å². The van der Waals surface area contributed by atoms with Crippen LogP contribution in [0.25, 0.3) is 28.3 Å². The minimum absolute atomic E-state index is 0.193. The first kappa shape index (κ1) is 17.6. The van der Waals surface area contributed by atoms with Crippen LogP contribution in [-0.4, -0.2) is 61.5 Å². The Morgan fingerprint density at radius 1 is 1.34 bits per heavy atom. The van der Waals surface area contributed by atoms with E-state index in [0.717, 1.165) is 17.0 Å². The molecule has 10 nitrogen and oxygen atoms in total. The molecule has 1 unspecified atom stereocenters. The van der Waals surface area contributed by atoms with Gasteiger partial charge < -0.3 is 25.5 Å². The molecule has 148 valence electrons. The van der Waals surface area contributed by atoms with Crippen molar-refractivity contribution in [2.75, 3.05) is 25.6 Å². The van der Waals surface area contributed by atoms with Crippen LogP contribution in [0.15, 0.2) is 36.8 Å². The van der Waals surface area contributed by atoms with E-state index in [2.05, 4.69) is 20.4 Å². The Morgan fingerprint density at radius 3 is 2.93 bits per heavy atom. The Bertz CT molecular complexity index is 1200. The molecule has 3 aliphatic rings. The van der Waals surface area contributed by atoms with Crippen molar-refractivity contribution < 1.29 is 14.6 Å². The van der Waals surface area contributed by atoms with Crippen LogP contribution in [-0.2, 0) is 4.74 Å². The zero-order valence-corrected chi connectivity index (χ0v) is 15.6. The van der Waals surface area contributed by atoms with Crippen LogP contribution in [0, 0.1) is 0 Å². The Labute approximate surface area is 165 Å². The van der Waals surface area contributed by atoms with Crippen molar-refractivity contribution in [3.63, 3.8) is 0 Å². The number of ether oxygens (including phenoxy) is 1. The molecule has 1 saturated heterocycles. The van der Waals surface area contributed by atoms with Crippen LogP contribution >= 0.6 is 0 Å². The molecule has 5 rings (SSSR count). The van der Waals surface area contributed by atoms with Gasteiger partial charge in [-0.05, 0) is 12.1 Å². The zero-order chi connectivity index (χ0) is 20.1. The Balaban J connectivity index is 1.66. The summed E-state index contributed by atoms with van der Waals surface area (Å²) in [5.74, 6) is 0.800. The standard InChI is InChI=1S/C19H19N7O3/c1-21-16-5-13(24-19-12(17(20)28)7-23-26(16)19)11-6-22-18-10(11)3-2-4-25(18)14-8-29-9-15(14)27/h2-7,14-15,21,27H,8-9H2,1H3,(H2,20,28)/t14?,15-/m0/s1. The van der Waals surface area contributed by atoms with Crippen molar-refractivity contribution >= 4 is 17.4 Å². The monoisotopic (exact) mass is 393 g/mol. The lowest BCUT2D eigenvalue weighted by molar-refractivity contribution is 0.100. The number of nitrogens with zero attached hydrogens (tertiary/aromatic N) is 5. The van der Waals surface area contributed by atoms with Crippen molar-refractivity contribution in [3.8, 4) is 22.6 Å². The van der Waals surface area contributed by atoms with Crippen LogP contribution in [0.2, 0.25) is 0 Å². The van der Waals surface area contributed by atoms with E-state index >= 15 is 0 Å². The number of pyridine rings is 1. The van der Waals surface area contributed by atoms with Gasteiger partial charge in [-0.25, -0.2) is 9.97 Å². The predicted molar refractivity (Wildman–Crippen MR) is 105 cm³/mol. The molecule has 0 aliphatic carbocycles. The number of amides is 1. The number of nitrogens with two attached hydrogens (primary N) is 1. The smallest absolute Gasteiger partial charge is 0.254 e. The molecule has 2 atom stereocenters. The van der Waals surface area contributed by atoms with E-state index in [1.807, 2.05) is 29.0 Å². The molecule has 10 heteroatoms. The lowest BCUT2D eigenvalue weighted by atomic mass is 10.1. The number of carbonyl (C=O) groups excluding carboxylic acids is 1. The fraction of sp³-hybridized carbons (Fsp3) is 0.263. The molecule has 0 aromatic carbocycles. The molecule has 0 radical (unpaired) electrons. The van der Waals surface area contributed by atoms with Gasteiger partial charge in [-0.3, -0.25) is 4.79 Å². The maximum absolute atomic E-state index is 11.8. The Kier molecular flexibility index (Phi) is 3.96. The lowest BCUT2D eigenvalue weighted by Crippen LogP contribution is -2.23. The van der Waals surface area contributed by atoms with Gasteiger partial charge in [-0.1, -0.05) is 0 Å². The average Bonchev–Trinajstić information content (AvgIpc) is 3.44. The molecule has 2 aromatic heterocycles. The number of nitrogens with one attached hydrogen (secondary N) is 1. The number of hydrogen-bond donors (Lipinski definition) is 3. The van der Waals surface area contributed by atoms with Gasteiger partial charge in [-0.15, -0.1) is 0 Å². The number of aliphatic hydroxyl groups is 1. The maximum atomic E-state index is 11.8. The first-order valence-electron chi connectivity index (χ1n) is 9.16. The quantitative estimate of drug-likeness (QED) is 0.466. The SMILES string of the molecule is CNc1cc(-c2cnc3n(C4COC[C@@H]4O)cccc2-3)nc2c(C(N)=O)cnn12. The predicted octanol–water partition coefficient (Wildman–Crippen LogP) is 0.770. The summed E-state index contributed by atoms with van der Waals surface area (Å²) in [5.41, 5.74) is 8.41. The number of aromatic nitrogens is 5. The first-order chi connectivity index (χ1) is 14.1. The number of rotatable bonds is 4. The van der Waals surface area contributed by atoms with Crippen LogP contribution in [0.3, 0.4) is 0 Å². The van der Waals surface area contributed by atoms with Crippen molar-refractivity contribution in [2.24, 2.45) is 5.73 Å². The van der Waals surface area contributed by atoms with E-state index in [1.165, 1.54) is 10.7 Å². The largest absolute Gasteiger partial charge is 0.388 e. The van der Waals surface area contributed by atoms with Gasteiger partial charge in [0.25, 0.3) is 5.91 Å². The van der Waals surface area contributed by atoms with Gasteiger partial charge in [0.2, 0.25) is 0 Å². The zero-order valence-electron chi connectivity index (χ0n) is 15.6. The summed E-state index contributed by atoms with van der Waals surface area (Å²) in [6, 6.07) is 5.50. The second-order valence-electron chi connectivity index (χ2n) is 6.93. The van der Waals surface area contributed by atoms with Gasteiger partial charge in [-0.2, -0.15) is 9.61 Å². The van der Waals surface area contributed by atoms with Gasteiger partial charge in [0, 0.05) is 36.6 Å². The van der Waals surface area contributed by atoms with E-state index in [9.17, 15) is 9.90 Å². The van der Waals surface area contributed by atoms with E-state index in [0.29, 0.717) is 30.4 Å². The number of primary amides is 1. The molecule has 2 aromatic rings. The summed E-state index contributed by atoms with van der Waals surface area (Å²) < 4.78 is 8.87. The van der Waals surface area contributed by atoms with Crippen molar-refractivity contribution in [1.82, 2.24) is 24.1 Å². The molecule has 1 fully saturated rings. The number of hydrogen-bond acceptors (Lipinski definition) is 7. The van der Waals surface area contributed by atoms with Crippen molar-refractivity contribution in [1.29, 1.82) is 0 Å². The highest BCUT2D eigenvalue weighted by Crippen LogP contribution is 2.36. The Morgan fingerprint density at radius 2 is 2.21 bits per heavy atom. The van der Waals surface area contributed by atoms with E-state index in [-0.39, 0.29) is 11.6 Å². The van der Waals surface area contributed by atoms with E-state index in [4.69, 9.17) is 10.5 Å². The summed E-state index contributed by atoms with van der Waals surface area (Å²) in [7, 11) is 1.76. The third kappa shape index (κ3) is 2.64. The third-order valence-corrected chi connectivity index (χ3v) is 5.25. The Hall–Kier alpha value is -3.50. The van der Waals surface area contributed by atoms with Crippen LogP contribution in [0.1, 0.15) is 16.4 Å². The fourth-order valence-corrected chi connectivity index (χ4v) is 3.78. The number of fused-ring (bicyclic) bond motifs is 2. The van der Waals surface area contributed by atoms with Gasteiger partial charge in [0.15, 0.2) is 5.65 Å². The molecule has 4 N–H and O–H groups in total. The normalized spacial score (nSPS) is 19.2. The minimum Gasteiger partial charge on any atom is -0.388 e. The number of anilines is 1. The second-order valence-corrected chi connectivity index (χ2v) is 6.93. The molecular formula is C19H19N7O3. The highest BCUT2D eigenvalue weighted by atomic mass is 16.5. The highest BCUT2D eigenvalue weighted by Gasteiger charge is 2.30. The second kappa shape index (κ2) is 6.54. The van der Waals surface area contributed by atoms with Gasteiger partial charge >= 0.3 is 0 Å². The third-order valence-electron chi connectivity index (χ3n) is 5.25. The number of aliphatic hydroxyl groups excluding tert-OH is 1. The highest BCUT2D eigenvalue weighted by molar-refractivity contribution is 5.99.